The fourth-order valence-corrected chi connectivity index (χ4v) is 2.23. The minimum absolute atomic E-state index is 0.529. The van der Waals surface area contributed by atoms with Gasteiger partial charge in [0.15, 0.2) is 5.96 Å². The molecule has 0 aliphatic rings. The Hall–Kier alpha value is -2.96. The van der Waals surface area contributed by atoms with Crippen molar-refractivity contribution >= 4 is 5.96 Å². The van der Waals surface area contributed by atoms with Gasteiger partial charge in [0.25, 0.3) is 0 Å². The number of rotatable bonds is 9. The lowest BCUT2D eigenvalue weighted by atomic mass is 10.3. The predicted molar refractivity (Wildman–Crippen MR) is 102 cm³/mol. The molecule has 0 fully saturated rings. The maximum Gasteiger partial charge on any atom is 0.193 e. The zero-order valence-electron chi connectivity index (χ0n) is 15.5. The van der Waals surface area contributed by atoms with E-state index in [9.17, 15) is 0 Å². The van der Waals surface area contributed by atoms with Gasteiger partial charge in [0, 0.05) is 20.3 Å². The number of ether oxygens (including phenoxy) is 3. The summed E-state index contributed by atoms with van der Waals surface area (Å²) in [6.07, 6.45) is 3.41. The van der Waals surface area contributed by atoms with E-state index in [1.54, 1.807) is 26.6 Å². The zero-order valence-corrected chi connectivity index (χ0v) is 15.5. The van der Waals surface area contributed by atoms with Gasteiger partial charge in [-0.3, -0.25) is 9.98 Å². The number of nitrogens with zero attached hydrogens (tertiary/aromatic N) is 3. The summed E-state index contributed by atoms with van der Waals surface area (Å²) in [5, 5.41) is 3.26. The van der Waals surface area contributed by atoms with Gasteiger partial charge in [-0.1, -0.05) is 0 Å². The normalized spacial score (nSPS) is 11.0. The molecule has 1 aromatic carbocycles. The summed E-state index contributed by atoms with van der Waals surface area (Å²) < 4.78 is 16.5. The van der Waals surface area contributed by atoms with Crippen LogP contribution in [0.2, 0.25) is 0 Å². The van der Waals surface area contributed by atoms with Gasteiger partial charge >= 0.3 is 0 Å². The average molecular weight is 358 g/mol. The third kappa shape index (κ3) is 6.51. The molecule has 0 radical (unpaired) electrons. The van der Waals surface area contributed by atoms with Crippen LogP contribution in [0.3, 0.4) is 0 Å². The maximum absolute atomic E-state index is 5.74. The van der Waals surface area contributed by atoms with E-state index in [0.29, 0.717) is 26.3 Å². The molecule has 0 unspecified atom stereocenters. The van der Waals surface area contributed by atoms with Crippen molar-refractivity contribution in [2.24, 2.45) is 4.99 Å². The molecule has 140 valence electrons. The standard InChI is InChI=1S/C19H26N4O3/c1-20-19(22-11-13-25-18-5-4-10-21-15-18)23(2)12-14-26-17-8-6-16(24-3)7-9-17/h4-10,15H,11-14H2,1-3H3,(H,20,22). The fraction of sp³-hybridized carbons (Fsp3) is 0.368. The number of aromatic nitrogens is 1. The molecule has 0 saturated heterocycles. The quantitative estimate of drug-likeness (QED) is 0.420. The molecule has 1 heterocycles. The van der Waals surface area contributed by atoms with E-state index in [0.717, 1.165) is 23.2 Å². The molecular formula is C19H26N4O3. The monoisotopic (exact) mass is 358 g/mol. The summed E-state index contributed by atoms with van der Waals surface area (Å²) in [5.41, 5.74) is 0. The minimum Gasteiger partial charge on any atom is -0.497 e. The van der Waals surface area contributed by atoms with Crippen LogP contribution in [0.5, 0.6) is 17.2 Å². The van der Waals surface area contributed by atoms with E-state index >= 15 is 0 Å². The van der Waals surface area contributed by atoms with Crippen LogP contribution in [-0.2, 0) is 0 Å². The number of methoxy groups -OCH3 is 1. The Labute approximate surface area is 154 Å². The molecule has 0 aliphatic carbocycles. The van der Waals surface area contributed by atoms with Gasteiger partial charge in [0.1, 0.15) is 30.5 Å². The zero-order chi connectivity index (χ0) is 18.6. The number of hydrogen-bond donors (Lipinski definition) is 1. The molecule has 7 nitrogen and oxygen atoms in total. The largest absolute Gasteiger partial charge is 0.497 e. The lowest BCUT2D eigenvalue weighted by Gasteiger charge is -2.22. The van der Waals surface area contributed by atoms with Crippen molar-refractivity contribution < 1.29 is 14.2 Å². The first kappa shape index (κ1) is 19.4. The smallest absolute Gasteiger partial charge is 0.193 e. The molecule has 2 rings (SSSR count). The van der Waals surface area contributed by atoms with Crippen LogP contribution in [0.15, 0.2) is 53.8 Å². The molecule has 1 aromatic heterocycles. The van der Waals surface area contributed by atoms with Crippen molar-refractivity contribution in [3.8, 4) is 17.2 Å². The van der Waals surface area contributed by atoms with Crippen LogP contribution in [0.4, 0.5) is 0 Å². The van der Waals surface area contributed by atoms with E-state index < -0.39 is 0 Å². The topological polar surface area (TPSA) is 68.2 Å². The molecule has 1 N–H and O–H groups in total. The lowest BCUT2D eigenvalue weighted by molar-refractivity contribution is 0.278. The van der Waals surface area contributed by atoms with Gasteiger partial charge in [-0.15, -0.1) is 0 Å². The summed E-state index contributed by atoms with van der Waals surface area (Å²) >= 11 is 0. The molecule has 7 heteroatoms. The molecular weight excluding hydrogens is 332 g/mol. The second kappa shape index (κ2) is 10.8. The number of aliphatic imine (C=N–C) groups is 1. The molecule has 2 aromatic rings. The molecule has 26 heavy (non-hydrogen) atoms. The lowest BCUT2D eigenvalue weighted by Crippen LogP contribution is -2.42. The maximum atomic E-state index is 5.74. The van der Waals surface area contributed by atoms with Gasteiger partial charge in [-0.2, -0.15) is 0 Å². The van der Waals surface area contributed by atoms with Crippen LogP contribution < -0.4 is 19.5 Å². The Morgan fingerprint density at radius 1 is 1.08 bits per heavy atom. The van der Waals surface area contributed by atoms with Crippen molar-refractivity contribution in [1.29, 1.82) is 0 Å². The highest BCUT2D eigenvalue weighted by Gasteiger charge is 2.05. The van der Waals surface area contributed by atoms with E-state index in [1.807, 2.05) is 48.3 Å². The summed E-state index contributed by atoms with van der Waals surface area (Å²) in [5.74, 6) is 3.17. The summed E-state index contributed by atoms with van der Waals surface area (Å²) in [7, 11) is 5.37. The molecule has 0 amide bonds. The Morgan fingerprint density at radius 3 is 2.46 bits per heavy atom. The van der Waals surface area contributed by atoms with Crippen molar-refractivity contribution in [2.45, 2.75) is 0 Å². The van der Waals surface area contributed by atoms with Crippen LogP contribution in [0, 0.1) is 0 Å². The molecule has 0 atom stereocenters. The van der Waals surface area contributed by atoms with Gasteiger partial charge in [0.05, 0.1) is 26.4 Å². The van der Waals surface area contributed by atoms with Gasteiger partial charge in [-0.05, 0) is 36.4 Å². The number of nitrogens with one attached hydrogen (secondary N) is 1. The molecule has 0 bridgehead atoms. The second-order valence-electron chi connectivity index (χ2n) is 5.46. The highest BCUT2D eigenvalue weighted by Crippen LogP contribution is 2.16. The Balaban J connectivity index is 1.66. The van der Waals surface area contributed by atoms with Gasteiger partial charge in [0.2, 0.25) is 0 Å². The first-order chi connectivity index (χ1) is 12.7. The summed E-state index contributed by atoms with van der Waals surface area (Å²) in [6.45, 7) is 2.43. The predicted octanol–water partition coefficient (Wildman–Crippen LogP) is 2.06. The second-order valence-corrected chi connectivity index (χ2v) is 5.46. The van der Waals surface area contributed by atoms with Crippen LogP contribution in [0.25, 0.3) is 0 Å². The van der Waals surface area contributed by atoms with Crippen molar-refractivity contribution in [2.75, 3.05) is 47.5 Å². The summed E-state index contributed by atoms with van der Waals surface area (Å²) in [6, 6.07) is 11.3. The number of hydrogen-bond acceptors (Lipinski definition) is 5. The molecule has 0 aliphatic heterocycles. The van der Waals surface area contributed by atoms with Crippen LogP contribution in [0.1, 0.15) is 0 Å². The SMILES string of the molecule is CN=C(NCCOc1cccnc1)N(C)CCOc1ccc(OC)cc1. The third-order valence-electron chi connectivity index (χ3n) is 3.62. The van der Waals surface area contributed by atoms with Crippen LogP contribution >= 0.6 is 0 Å². The van der Waals surface area contributed by atoms with Gasteiger partial charge in [-0.25, -0.2) is 0 Å². The average Bonchev–Trinajstić information content (AvgIpc) is 2.69. The Bertz CT molecular complexity index is 662. The molecule has 0 spiro atoms. The third-order valence-corrected chi connectivity index (χ3v) is 3.62. The van der Waals surface area contributed by atoms with E-state index in [2.05, 4.69) is 15.3 Å². The van der Waals surface area contributed by atoms with E-state index in [4.69, 9.17) is 14.2 Å². The number of guanidine groups is 1. The van der Waals surface area contributed by atoms with Gasteiger partial charge < -0.3 is 24.4 Å². The minimum atomic E-state index is 0.529. The van der Waals surface area contributed by atoms with Crippen molar-refractivity contribution in [3.63, 3.8) is 0 Å². The van der Waals surface area contributed by atoms with E-state index in [1.165, 1.54) is 0 Å². The van der Waals surface area contributed by atoms with Crippen molar-refractivity contribution in [3.05, 3.63) is 48.8 Å². The number of pyridine rings is 1. The first-order valence-electron chi connectivity index (χ1n) is 8.44. The van der Waals surface area contributed by atoms with Crippen molar-refractivity contribution in [1.82, 2.24) is 15.2 Å². The number of likely N-dealkylation sites (N-methyl/N-ethyl adjacent to an activating group) is 1. The fourth-order valence-electron chi connectivity index (χ4n) is 2.23. The highest BCUT2D eigenvalue weighted by molar-refractivity contribution is 5.79. The highest BCUT2D eigenvalue weighted by atomic mass is 16.5. The first-order valence-corrected chi connectivity index (χ1v) is 8.44. The number of benzene rings is 1. The van der Waals surface area contributed by atoms with E-state index in [-0.39, 0.29) is 0 Å². The molecule has 0 saturated carbocycles. The summed E-state index contributed by atoms with van der Waals surface area (Å²) in [4.78, 5) is 10.3. The Kier molecular flexibility index (Phi) is 8.05. The van der Waals surface area contributed by atoms with Crippen LogP contribution in [-0.4, -0.2) is 63.4 Å². The Morgan fingerprint density at radius 2 is 1.81 bits per heavy atom.